The topological polar surface area (TPSA) is 12.4 Å². The van der Waals surface area contributed by atoms with E-state index in [1.165, 1.54) is 25.7 Å². The normalized spacial score (nSPS) is 14.6. The van der Waals surface area contributed by atoms with E-state index < -0.39 is 31.3 Å². The van der Waals surface area contributed by atoms with Gasteiger partial charge < -0.3 is 31.8 Å². The quantitative estimate of drug-likeness (QED) is 0.184. The molecule has 0 aliphatic heterocycles. The zero-order valence-corrected chi connectivity index (χ0v) is 27.8. The summed E-state index contributed by atoms with van der Waals surface area (Å²) in [6, 6.07) is 0. The summed E-state index contributed by atoms with van der Waals surface area (Å²) in [5, 5.41) is 0. The van der Waals surface area contributed by atoms with Crippen LogP contribution in [0, 0.1) is 27.1 Å². The van der Waals surface area contributed by atoms with Crippen LogP contribution in [0.4, 0.5) is 0 Å². The molecule has 0 saturated heterocycles. The minimum atomic E-state index is -0.861. The molecule has 0 N–H and O–H groups in total. The van der Waals surface area contributed by atoms with E-state index in [9.17, 15) is 0 Å². The van der Waals surface area contributed by atoms with E-state index >= 15 is 0 Å². The summed E-state index contributed by atoms with van der Waals surface area (Å²) in [7, 11) is -1.44. The summed E-state index contributed by atoms with van der Waals surface area (Å²) in [5.74, 6) is 0. The molecule has 1 aliphatic carbocycles. The zero-order chi connectivity index (χ0) is 21.1. The van der Waals surface area contributed by atoms with Gasteiger partial charge in [-0.3, -0.25) is 0 Å². The van der Waals surface area contributed by atoms with Gasteiger partial charge in [0.15, 0.2) is 0 Å². The number of nitrogens with zero attached hydrogens (tertiary/aromatic N) is 1. The van der Waals surface area contributed by atoms with Crippen molar-refractivity contribution in [2.75, 3.05) is 20.4 Å². The van der Waals surface area contributed by atoms with Gasteiger partial charge in [-0.2, -0.15) is 0 Å². The third kappa shape index (κ3) is 58.4. The van der Waals surface area contributed by atoms with E-state index in [0.717, 1.165) is 5.66 Å². The van der Waals surface area contributed by atoms with E-state index in [-0.39, 0.29) is 33.6 Å². The predicted molar refractivity (Wildman–Crippen MR) is 142 cm³/mol. The molecule has 1 saturated carbocycles. The first-order valence-corrected chi connectivity index (χ1v) is 23.5. The van der Waals surface area contributed by atoms with Crippen LogP contribution in [0.15, 0.2) is 4.74 Å². The van der Waals surface area contributed by atoms with Gasteiger partial charge in [0, 0.05) is 7.05 Å². The molecule has 1 rings (SSSR count). The summed E-state index contributed by atoms with van der Waals surface area (Å²) in [6.45, 7) is 36.4. The molecular weight excluding hydrogens is 473 g/mol. The molecule has 27 heavy (non-hydrogen) atoms. The van der Waals surface area contributed by atoms with Gasteiger partial charge in [-0.05, 0) is 38.9 Å². The first-order valence-electron chi connectivity index (χ1n) is 9.68. The number of hydrogen-bond acceptors (Lipinski definition) is 1. The Kier molecular flexibility index (Phi) is 25.4. The fourth-order valence-corrected chi connectivity index (χ4v) is 3.65. The van der Waals surface area contributed by atoms with E-state index in [1.54, 1.807) is 0 Å². The van der Waals surface area contributed by atoms with Crippen molar-refractivity contribution in [2.24, 2.45) is 4.74 Å². The van der Waals surface area contributed by atoms with Gasteiger partial charge in [0.05, 0.1) is 0 Å². The molecule has 164 valence electrons. The van der Waals surface area contributed by atoms with Crippen molar-refractivity contribution in [3.05, 3.63) is 27.1 Å². The van der Waals surface area contributed by atoms with Crippen LogP contribution in [0.5, 0.6) is 0 Å². The smallest absolute Gasteiger partial charge is 0.358 e. The van der Waals surface area contributed by atoms with Gasteiger partial charge in [0.25, 0.3) is 0 Å². The molecule has 0 aromatic heterocycles. The minimum Gasteiger partial charge on any atom is -0.358 e. The molecule has 0 spiro atoms. The van der Waals surface area contributed by atoms with Crippen molar-refractivity contribution in [3.8, 4) is 0 Å². The van der Waals surface area contributed by atoms with Crippen molar-refractivity contribution in [1.82, 2.24) is 0 Å². The van der Waals surface area contributed by atoms with Gasteiger partial charge >= 0.3 is 26.2 Å². The summed E-state index contributed by atoms with van der Waals surface area (Å²) in [6.07, 6.45) is 5.78. The average Bonchev–Trinajstić information content (AvgIpc) is 2.75. The Hall–Kier alpha value is 1.76. The Balaban J connectivity index is -0.0000000831. The maximum Gasteiger partial charge on any atom is 4.00 e. The molecule has 0 bridgehead atoms. The molecule has 1 nitrogen and oxygen atoms in total. The van der Waals surface area contributed by atoms with Crippen LogP contribution in [-0.4, -0.2) is 50.3 Å². The first-order chi connectivity index (χ1) is 10.7. The maximum absolute atomic E-state index is 4.51. The summed E-state index contributed by atoms with van der Waals surface area (Å²) < 4.78 is 4.51. The maximum atomic E-state index is 4.51. The van der Waals surface area contributed by atoms with E-state index in [1.807, 2.05) is 7.05 Å². The molecule has 0 aromatic rings. The Morgan fingerprint density at radius 2 is 0.889 bits per heavy atom. The second-order valence-corrected chi connectivity index (χ2v) is 30.8. The van der Waals surface area contributed by atoms with Crippen LogP contribution in [0.25, 0.3) is 0 Å². The predicted octanol–water partition coefficient (Wildman–Crippen LogP) is 8.56. The SMILES string of the molecule is CN=P(C)(C)C1CCCC1.[CH2-][Si](C)(C)C.[CH2-][Si](C)(C)C.[CH2-][Si](C)(C)C.[CH3-].[Zr+4]. The molecule has 0 unspecified atom stereocenters. The number of hydrogen-bond donors (Lipinski definition) is 0. The molecule has 0 amide bonds. The summed E-state index contributed by atoms with van der Waals surface area (Å²) in [4.78, 5) is 0. The molecule has 6 heteroatoms. The van der Waals surface area contributed by atoms with Gasteiger partial charge in [-0.1, -0.05) is 71.8 Å². The monoisotopic (exact) mass is 525 g/mol. The molecule has 1 fully saturated rings. The largest absolute Gasteiger partial charge is 4.00 e. The van der Waals surface area contributed by atoms with Crippen molar-refractivity contribution in [2.45, 2.75) is 90.3 Å². The van der Waals surface area contributed by atoms with Crippen LogP contribution in [0.2, 0.25) is 58.9 Å². The standard InChI is InChI=1S/C8H18NP.3C4H11Si.CH3.Zr/c1-9-10(2,3)8-6-4-5-7-8;3*1-5(2,3)4;;/h8H,4-7H2,1-3H3;3*1H2,2-4H3;1H3;/q;4*-1;+4. The second kappa shape index (κ2) is 17.4. The van der Waals surface area contributed by atoms with E-state index in [0.29, 0.717) is 0 Å². The van der Waals surface area contributed by atoms with Crippen molar-refractivity contribution < 1.29 is 26.2 Å². The van der Waals surface area contributed by atoms with Gasteiger partial charge in [-0.25, -0.2) is 0 Å². The van der Waals surface area contributed by atoms with Crippen molar-refractivity contribution in [3.63, 3.8) is 0 Å². The third-order valence-electron chi connectivity index (χ3n) is 2.73. The van der Waals surface area contributed by atoms with E-state index in [4.69, 9.17) is 0 Å². The molecule has 1 aliphatic rings. The number of rotatable bonds is 1. The molecule has 0 atom stereocenters. The molecule has 0 heterocycles. The molecule has 0 aromatic carbocycles. The van der Waals surface area contributed by atoms with Crippen LogP contribution in [-0.2, 0) is 26.2 Å². The van der Waals surface area contributed by atoms with Crippen LogP contribution in [0.1, 0.15) is 25.7 Å². The van der Waals surface area contributed by atoms with Crippen LogP contribution < -0.4 is 0 Å². The fourth-order valence-electron chi connectivity index (χ4n) is 1.70. The minimum absolute atomic E-state index is 0. The Morgan fingerprint density at radius 1 is 0.704 bits per heavy atom. The fraction of sp³-hybridized carbons (Fsp3) is 0.810. The Morgan fingerprint density at radius 3 is 1.04 bits per heavy atom. The average molecular weight is 527 g/mol. The summed E-state index contributed by atoms with van der Waals surface area (Å²) in [5.41, 5.74) is 0.970. The second-order valence-electron chi connectivity index (χ2n) is 11.3. The van der Waals surface area contributed by atoms with Crippen LogP contribution in [0.3, 0.4) is 0 Å². The Bertz CT molecular complexity index is 322. The molecular formula is C21H54NPSi3Zr. The van der Waals surface area contributed by atoms with E-state index in [2.05, 4.69) is 96.6 Å². The van der Waals surface area contributed by atoms with Crippen molar-refractivity contribution in [1.29, 1.82) is 0 Å². The van der Waals surface area contributed by atoms with Crippen LogP contribution >= 0.6 is 7.05 Å². The van der Waals surface area contributed by atoms with Gasteiger partial charge in [0.2, 0.25) is 0 Å². The summed E-state index contributed by atoms with van der Waals surface area (Å²) >= 11 is 0. The molecule has 0 radical (unpaired) electrons. The zero-order valence-electron chi connectivity index (χ0n) is 21.4. The van der Waals surface area contributed by atoms with Gasteiger partial charge in [0.1, 0.15) is 0 Å². The van der Waals surface area contributed by atoms with Gasteiger partial charge in [-0.15, -0.1) is 24.2 Å². The third-order valence-corrected chi connectivity index (χ3v) is 6.07. The first kappa shape index (κ1) is 39.3. The Labute approximate surface area is 198 Å². The van der Waals surface area contributed by atoms with Crippen molar-refractivity contribution >= 4 is 31.3 Å².